The van der Waals surface area contributed by atoms with Gasteiger partial charge in [0.15, 0.2) is 0 Å². The van der Waals surface area contributed by atoms with Crippen LogP contribution in [0.2, 0.25) is 0 Å². The van der Waals surface area contributed by atoms with E-state index in [4.69, 9.17) is 0 Å². The fourth-order valence-corrected chi connectivity index (χ4v) is 1.74. The third-order valence-electron chi connectivity index (χ3n) is 2.61. The molecule has 3 nitrogen and oxygen atoms in total. The molecule has 2 aromatic carbocycles. The van der Waals surface area contributed by atoms with E-state index in [1.165, 1.54) is 11.8 Å². The molecule has 0 heterocycles. The van der Waals surface area contributed by atoms with Gasteiger partial charge in [-0.1, -0.05) is 36.4 Å². The third kappa shape index (κ3) is 2.57. The van der Waals surface area contributed by atoms with Gasteiger partial charge in [-0.3, -0.25) is 9.69 Å². The van der Waals surface area contributed by atoms with Gasteiger partial charge in [-0.15, -0.1) is 0 Å². The van der Waals surface area contributed by atoms with Gasteiger partial charge in [-0.2, -0.15) is 0 Å². The standard InChI is InChI=1S/C15H15NO2/c1-12(17)15(18)16(13-8-4-2-5-9-13)14-10-6-3-7-11-14/h2-12,17H,1H3/t12-/m1/s1. The van der Waals surface area contributed by atoms with Crippen molar-refractivity contribution >= 4 is 17.3 Å². The normalized spacial score (nSPS) is 11.9. The molecule has 1 amide bonds. The molecule has 0 aromatic heterocycles. The Morgan fingerprint density at radius 1 is 0.944 bits per heavy atom. The first-order valence-corrected chi connectivity index (χ1v) is 5.82. The highest BCUT2D eigenvalue weighted by atomic mass is 16.3. The SMILES string of the molecule is C[C@@H](O)C(=O)N(c1ccccc1)c1ccccc1. The number of carbonyl (C=O) groups excluding carboxylic acids is 1. The van der Waals surface area contributed by atoms with Crippen LogP contribution in [0.4, 0.5) is 11.4 Å². The van der Waals surface area contributed by atoms with Gasteiger partial charge >= 0.3 is 0 Å². The molecule has 1 atom stereocenters. The Labute approximate surface area is 106 Å². The molecule has 0 saturated heterocycles. The van der Waals surface area contributed by atoms with Crippen molar-refractivity contribution in [1.82, 2.24) is 0 Å². The summed E-state index contributed by atoms with van der Waals surface area (Å²) in [5.74, 6) is -0.340. The van der Waals surface area contributed by atoms with Crippen LogP contribution in [-0.4, -0.2) is 17.1 Å². The van der Waals surface area contributed by atoms with Crippen LogP contribution in [0.25, 0.3) is 0 Å². The Hall–Kier alpha value is -2.13. The van der Waals surface area contributed by atoms with Crippen molar-refractivity contribution in [2.24, 2.45) is 0 Å². The first-order valence-electron chi connectivity index (χ1n) is 5.82. The third-order valence-corrected chi connectivity index (χ3v) is 2.61. The monoisotopic (exact) mass is 241 g/mol. The maximum atomic E-state index is 12.1. The lowest BCUT2D eigenvalue weighted by molar-refractivity contribution is -0.125. The first-order chi connectivity index (χ1) is 8.70. The van der Waals surface area contributed by atoms with Crippen molar-refractivity contribution in [3.63, 3.8) is 0 Å². The second-order valence-corrected chi connectivity index (χ2v) is 4.02. The van der Waals surface area contributed by atoms with E-state index in [2.05, 4.69) is 0 Å². The fraction of sp³-hybridized carbons (Fsp3) is 0.133. The summed E-state index contributed by atoms with van der Waals surface area (Å²) in [6.45, 7) is 1.47. The molecule has 2 aromatic rings. The van der Waals surface area contributed by atoms with Gasteiger partial charge in [-0.05, 0) is 31.2 Å². The zero-order chi connectivity index (χ0) is 13.0. The van der Waals surface area contributed by atoms with Gasteiger partial charge < -0.3 is 5.11 Å². The Balaban J connectivity index is 2.45. The fourth-order valence-electron chi connectivity index (χ4n) is 1.74. The zero-order valence-corrected chi connectivity index (χ0v) is 10.2. The van der Waals surface area contributed by atoms with E-state index in [-0.39, 0.29) is 5.91 Å². The van der Waals surface area contributed by atoms with Crippen LogP contribution < -0.4 is 4.90 Å². The summed E-state index contributed by atoms with van der Waals surface area (Å²) < 4.78 is 0. The number of anilines is 2. The number of hydrogen-bond acceptors (Lipinski definition) is 2. The number of nitrogens with zero attached hydrogens (tertiary/aromatic N) is 1. The molecule has 3 heteroatoms. The van der Waals surface area contributed by atoms with Crippen LogP contribution in [0.15, 0.2) is 60.7 Å². The predicted octanol–water partition coefficient (Wildman–Crippen LogP) is 2.73. The maximum absolute atomic E-state index is 12.1. The van der Waals surface area contributed by atoms with E-state index in [9.17, 15) is 9.90 Å². The molecule has 0 saturated carbocycles. The van der Waals surface area contributed by atoms with Gasteiger partial charge in [0, 0.05) is 11.4 Å². The van der Waals surface area contributed by atoms with Crippen molar-refractivity contribution in [2.45, 2.75) is 13.0 Å². The molecule has 0 aliphatic rings. The predicted molar refractivity (Wildman–Crippen MR) is 71.7 cm³/mol. The number of amides is 1. The van der Waals surface area contributed by atoms with Gasteiger partial charge in [0.05, 0.1) is 0 Å². The van der Waals surface area contributed by atoms with Gasteiger partial charge in [0.2, 0.25) is 0 Å². The number of aliphatic hydroxyl groups is 1. The van der Waals surface area contributed by atoms with E-state index in [0.29, 0.717) is 0 Å². The minimum Gasteiger partial charge on any atom is -0.384 e. The van der Waals surface area contributed by atoms with Crippen LogP contribution >= 0.6 is 0 Å². The van der Waals surface area contributed by atoms with E-state index >= 15 is 0 Å². The van der Waals surface area contributed by atoms with Crippen molar-refractivity contribution < 1.29 is 9.90 Å². The van der Waals surface area contributed by atoms with Crippen LogP contribution in [0, 0.1) is 0 Å². The molecular weight excluding hydrogens is 226 g/mol. The molecule has 2 rings (SSSR count). The van der Waals surface area contributed by atoms with Gasteiger partial charge in [0.25, 0.3) is 5.91 Å². The van der Waals surface area contributed by atoms with Gasteiger partial charge in [0.1, 0.15) is 6.10 Å². The van der Waals surface area contributed by atoms with Crippen molar-refractivity contribution in [2.75, 3.05) is 4.90 Å². The molecule has 0 bridgehead atoms. The molecule has 92 valence electrons. The van der Waals surface area contributed by atoms with Crippen LogP contribution in [0.3, 0.4) is 0 Å². The quantitative estimate of drug-likeness (QED) is 0.897. The number of benzene rings is 2. The smallest absolute Gasteiger partial charge is 0.260 e. The molecule has 1 N–H and O–H groups in total. The number of aliphatic hydroxyl groups excluding tert-OH is 1. The largest absolute Gasteiger partial charge is 0.384 e. The molecule has 0 radical (unpaired) electrons. The number of hydrogen-bond donors (Lipinski definition) is 1. The Bertz CT molecular complexity index is 469. The number of para-hydroxylation sites is 2. The molecule has 0 aliphatic carbocycles. The zero-order valence-electron chi connectivity index (χ0n) is 10.2. The number of carbonyl (C=O) groups is 1. The van der Waals surface area contributed by atoms with Gasteiger partial charge in [-0.25, -0.2) is 0 Å². The van der Waals surface area contributed by atoms with Crippen LogP contribution in [0.1, 0.15) is 6.92 Å². The van der Waals surface area contributed by atoms with Crippen molar-refractivity contribution in [3.05, 3.63) is 60.7 Å². The summed E-state index contributed by atoms with van der Waals surface area (Å²) in [6.07, 6.45) is -1.04. The molecule has 0 fully saturated rings. The summed E-state index contributed by atoms with van der Waals surface area (Å²) in [5, 5.41) is 9.52. The lowest BCUT2D eigenvalue weighted by Crippen LogP contribution is -2.34. The Morgan fingerprint density at radius 3 is 1.67 bits per heavy atom. The Kier molecular flexibility index (Phi) is 3.75. The first kappa shape index (κ1) is 12.3. The minimum absolute atomic E-state index is 0.340. The Morgan fingerprint density at radius 2 is 1.33 bits per heavy atom. The molecule has 0 spiro atoms. The topological polar surface area (TPSA) is 40.5 Å². The van der Waals surface area contributed by atoms with E-state index < -0.39 is 6.10 Å². The highest BCUT2D eigenvalue weighted by Crippen LogP contribution is 2.25. The van der Waals surface area contributed by atoms with E-state index in [1.54, 1.807) is 0 Å². The number of rotatable bonds is 3. The van der Waals surface area contributed by atoms with Crippen molar-refractivity contribution in [3.8, 4) is 0 Å². The van der Waals surface area contributed by atoms with Crippen LogP contribution in [-0.2, 0) is 4.79 Å². The van der Waals surface area contributed by atoms with E-state index in [0.717, 1.165) is 11.4 Å². The molecular formula is C15H15NO2. The van der Waals surface area contributed by atoms with Crippen molar-refractivity contribution in [1.29, 1.82) is 0 Å². The second-order valence-electron chi connectivity index (χ2n) is 4.02. The maximum Gasteiger partial charge on any atom is 0.260 e. The summed E-state index contributed by atoms with van der Waals surface area (Å²) in [5.41, 5.74) is 1.49. The minimum atomic E-state index is -1.04. The summed E-state index contributed by atoms with van der Waals surface area (Å²) in [4.78, 5) is 13.6. The molecule has 0 aliphatic heterocycles. The lowest BCUT2D eigenvalue weighted by atomic mass is 10.2. The molecule has 0 unspecified atom stereocenters. The average Bonchev–Trinajstić information content (AvgIpc) is 2.41. The highest BCUT2D eigenvalue weighted by molar-refractivity contribution is 6.02. The van der Waals surface area contributed by atoms with Crippen LogP contribution in [0.5, 0.6) is 0 Å². The lowest BCUT2D eigenvalue weighted by Gasteiger charge is -2.24. The molecule has 18 heavy (non-hydrogen) atoms. The summed E-state index contributed by atoms with van der Waals surface area (Å²) in [6, 6.07) is 18.6. The second kappa shape index (κ2) is 5.47. The summed E-state index contributed by atoms with van der Waals surface area (Å²) in [7, 11) is 0. The van der Waals surface area contributed by atoms with E-state index in [1.807, 2.05) is 60.7 Å². The summed E-state index contributed by atoms with van der Waals surface area (Å²) >= 11 is 0. The average molecular weight is 241 g/mol. The highest BCUT2D eigenvalue weighted by Gasteiger charge is 2.21.